The lowest BCUT2D eigenvalue weighted by Gasteiger charge is -2.13. The highest BCUT2D eigenvalue weighted by Gasteiger charge is 2.17. The molecule has 0 fully saturated rings. The first kappa shape index (κ1) is 23.6. The number of aromatic amines is 1. The number of aromatic nitrogens is 2. The van der Waals surface area contributed by atoms with Gasteiger partial charge in [0.15, 0.2) is 9.84 Å². The summed E-state index contributed by atoms with van der Waals surface area (Å²) in [5.74, 6) is -0.279. The number of hydrogen-bond donors (Lipinski definition) is 3. The van der Waals surface area contributed by atoms with E-state index in [0.29, 0.717) is 17.9 Å². The second-order valence-corrected chi connectivity index (χ2v) is 10.9. The summed E-state index contributed by atoms with van der Waals surface area (Å²) in [5.41, 5.74) is 6.31. The monoisotopic (exact) mass is 498 g/mol. The number of anilines is 2. The van der Waals surface area contributed by atoms with Crippen molar-refractivity contribution < 1.29 is 13.2 Å². The maximum atomic E-state index is 13.3. The van der Waals surface area contributed by atoms with Gasteiger partial charge in [-0.2, -0.15) is 0 Å². The van der Waals surface area contributed by atoms with Gasteiger partial charge in [0.1, 0.15) is 5.69 Å². The van der Waals surface area contributed by atoms with E-state index in [2.05, 4.69) is 15.6 Å². The van der Waals surface area contributed by atoms with E-state index in [-0.39, 0.29) is 10.8 Å². The van der Waals surface area contributed by atoms with E-state index >= 15 is 0 Å². The number of benzene rings is 3. The Morgan fingerprint density at radius 3 is 2.31 bits per heavy atom. The molecular weight excluding hydrogens is 472 g/mol. The van der Waals surface area contributed by atoms with Crippen molar-refractivity contribution in [3.63, 3.8) is 0 Å². The zero-order valence-corrected chi connectivity index (χ0v) is 21.0. The predicted octanol–water partition coefficient (Wildman–Crippen LogP) is 5.60. The summed E-state index contributed by atoms with van der Waals surface area (Å²) < 4.78 is 23.5. The molecule has 182 valence electrons. The molecule has 3 aromatic carbocycles. The van der Waals surface area contributed by atoms with Crippen molar-refractivity contribution in [2.75, 3.05) is 16.9 Å². The Bertz CT molecular complexity index is 1700. The lowest BCUT2D eigenvalue weighted by molar-refractivity contribution is 0.102. The molecule has 8 heteroatoms. The highest BCUT2D eigenvalue weighted by Crippen LogP contribution is 2.29. The third-order valence-electron chi connectivity index (χ3n) is 6.27. The lowest BCUT2D eigenvalue weighted by Crippen LogP contribution is -2.17. The van der Waals surface area contributed by atoms with Crippen molar-refractivity contribution in [3.8, 4) is 0 Å². The average Bonchev–Trinajstić information content (AvgIpc) is 3.23. The number of amides is 1. The quantitative estimate of drug-likeness (QED) is 0.283. The zero-order valence-electron chi connectivity index (χ0n) is 20.2. The number of fused-ring (bicyclic) bond motifs is 3. The molecule has 0 radical (unpaired) electrons. The fourth-order valence-corrected chi connectivity index (χ4v) is 4.98. The van der Waals surface area contributed by atoms with Gasteiger partial charge in [0, 0.05) is 33.9 Å². The summed E-state index contributed by atoms with van der Waals surface area (Å²) in [6, 6.07) is 22.2. The van der Waals surface area contributed by atoms with E-state index in [0.717, 1.165) is 44.3 Å². The first-order valence-corrected chi connectivity index (χ1v) is 13.4. The van der Waals surface area contributed by atoms with Gasteiger partial charge in [-0.25, -0.2) is 13.4 Å². The fourth-order valence-electron chi connectivity index (χ4n) is 4.35. The number of pyridine rings is 1. The molecule has 0 aliphatic carbocycles. The Labute approximate surface area is 209 Å². The smallest absolute Gasteiger partial charge is 0.274 e. The molecule has 3 N–H and O–H groups in total. The molecular formula is C28H26N4O3S. The van der Waals surface area contributed by atoms with Crippen molar-refractivity contribution in [2.24, 2.45) is 0 Å². The summed E-state index contributed by atoms with van der Waals surface area (Å²) in [5, 5.41) is 8.26. The molecule has 0 aliphatic rings. The van der Waals surface area contributed by atoms with Crippen LogP contribution < -0.4 is 10.6 Å². The minimum absolute atomic E-state index is 0.259. The summed E-state index contributed by atoms with van der Waals surface area (Å²) in [6.07, 6.45) is 1.18. The molecule has 0 unspecified atom stereocenters. The SMILES string of the molecule is Cc1cccc(C)c1NC(=O)c1cc2c([nH]c3ccccc32)c(CNc2ccc(S(C)(=O)=O)cc2)n1. The van der Waals surface area contributed by atoms with Gasteiger partial charge in [-0.05, 0) is 61.4 Å². The van der Waals surface area contributed by atoms with Crippen LogP contribution >= 0.6 is 0 Å². The summed E-state index contributed by atoms with van der Waals surface area (Å²) in [6.45, 7) is 4.26. The molecule has 0 saturated heterocycles. The van der Waals surface area contributed by atoms with Gasteiger partial charge in [0.2, 0.25) is 0 Å². The van der Waals surface area contributed by atoms with E-state index < -0.39 is 9.84 Å². The fraction of sp³-hybridized carbons (Fsp3) is 0.143. The molecule has 7 nitrogen and oxygen atoms in total. The van der Waals surface area contributed by atoms with E-state index in [1.165, 1.54) is 6.26 Å². The lowest BCUT2D eigenvalue weighted by atomic mass is 10.1. The number of nitrogens with zero attached hydrogens (tertiary/aromatic N) is 1. The first-order chi connectivity index (χ1) is 17.2. The minimum atomic E-state index is -3.27. The van der Waals surface area contributed by atoms with Crippen LogP contribution in [0.5, 0.6) is 0 Å². The standard InChI is InChI=1S/C28H26N4O3S/c1-17-7-6-8-18(2)26(17)32-28(33)24-15-22-21-9-4-5-10-23(21)31-27(22)25(30-24)16-29-19-11-13-20(14-12-19)36(3,34)35/h4-15,29,31H,16H2,1-3H3,(H,32,33). The molecule has 5 rings (SSSR count). The summed E-state index contributed by atoms with van der Waals surface area (Å²) in [4.78, 5) is 21.7. The van der Waals surface area contributed by atoms with Crippen LogP contribution in [-0.2, 0) is 16.4 Å². The Balaban J connectivity index is 1.52. The van der Waals surface area contributed by atoms with Crippen molar-refractivity contribution in [1.29, 1.82) is 0 Å². The largest absolute Gasteiger partial charge is 0.379 e. The van der Waals surface area contributed by atoms with Crippen LogP contribution in [0.1, 0.15) is 27.3 Å². The third-order valence-corrected chi connectivity index (χ3v) is 7.39. The van der Waals surface area contributed by atoms with Crippen LogP contribution in [0.4, 0.5) is 11.4 Å². The van der Waals surface area contributed by atoms with Gasteiger partial charge in [-0.1, -0.05) is 36.4 Å². The van der Waals surface area contributed by atoms with Crippen molar-refractivity contribution in [1.82, 2.24) is 9.97 Å². The average molecular weight is 499 g/mol. The maximum absolute atomic E-state index is 13.3. The Hall–Kier alpha value is -4.17. The molecule has 5 aromatic rings. The van der Waals surface area contributed by atoms with Crippen LogP contribution in [0.25, 0.3) is 21.8 Å². The van der Waals surface area contributed by atoms with E-state index in [4.69, 9.17) is 4.98 Å². The number of H-pyrrole nitrogens is 1. The van der Waals surface area contributed by atoms with Crippen LogP contribution in [0, 0.1) is 13.8 Å². The normalized spacial score (nSPS) is 11.6. The third kappa shape index (κ3) is 4.55. The van der Waals surface area contributed by atoms with Gasteiger partial charge in [-0.15, -0.1) is 0 Å². The number of rotatable bonds is 6. The predicted molar refractivity (Wildman–Crippen MR) is 144 cm³/mol. The Morgan fingerprint density at radius 2 is 1.61 bits per heavy atom. The molecule has 1 amide bonds. The number of carbonyl (C=O) groups is 1. The zero-order chi connectivity index (χ0) is 25.4. The number of carbonyl (C=O) groups excluding carboxylic acids is 1. The Morgan fingerprint density at radius 1 is 0.917 bits per heavy atom. The number of para-hydroxylation sites is 2. The highest BCUT2D eigenvalue weighted by molar-refractivity contribution is 7.90. The van der Waals surface area contributed by atoms with Crippen LogP contribution in [-0.4, -0.2) is 30.5 Å². The van der Waals surface area contributed by atoms with E-state index in [9.17, 15) is 13.2 Å². The second-order valence-electron chi connectivity index (χ2n) is 8.92. The van der Waals surface area contributed by atoms with E-state index in [1.54, 1.807) is 24.3 Å². The molecule has 0 spiro atoms. The molecule has 0 saturated carbocycles. The molecule has 2 heterocycles. The minimum Gasteiger partial charge on any atom is -0.379 e. The van der Waals surface area contributed by atoms with Gasteiger partial charge in [0.05, 0.1) is 22.7 Å². The Kier molecular flexibility index (Phi) is 5.97. The van der Waals surface area contributed by atoms with Crippen LogP contribution in [0.2, 0.25) is 0 Å². The van der Waals surface area contributed by atoms with Gasteiger partial charge >= 0.3 is 0 Å². The maximum Gasteiger partial charge on any atom is 0.274 e. The molecule has 0 aliphatic heterocycles. The first-order valence-electron chi connectivity index (χ1n) is 11.5. The highest BCUT2D eigenvalue weighted by atomic mass is 32.2. The van der Waals surface area contributed by atoms with E-state index in [1.807, 2.05) is 62.4 Å². The molecule has 2 aromatic heterocycles. The van der Waals surface area contributed by atoms with Gasteiger partial charge in [0.25, 0.3) is 5.91 Å². The summed E-state index contributed by atoms with van der Waals surface area (Å²) >= 11 is 0. The van der Waals surface area contributed by atoms with Gasteiger partial charge in [-0.3, -0.25) is 4.79 Å². The van der Waals surface area contributed by atoms with Crippen molar-refractivity contribution >= 4 is 48.9 Å². The number of nitrogens with one attached hydrogen (secondary N) is 3. The number of aryl methyl sites for hydroxylation is 2. The molecule has 36 heavy (non-hydrogen) atoms. The van der Waals surface area contributed by atoms with Crippen molar-refractivity contribution in [2.45, 2.75) is 25.3 Å². The number of hydrogen-bond acceptors (Lipinski definition) is 5. The topological polar surface area (TPSA) is 104 Å². The summed E-state index contributed by atoms with van der Waals surface area (Å²) in [7, 11) is -3.27. The number of sulfone groups is 1. The van der Waals surface area contributed by atoms with Crippen molar-refractivity contribution in [3.05, 3.63) is 95.3 Å². The molecule has 0 atom stereocenters. The van der Waals surface area contributed by atoms with Crippen LogP contribution in [0.15, 0.2) is 77.7 Å². The van der Waals surface area contributed by atoms with Crippen LogP contribution in [0.3, 0.4) is 0 Å². The molecule has 0 bridgehead atoms. The van der Waals surface area contributed by atoms with Gasteiger partial charge < -0.3 is 15.6 Å². The second kappa shape index (κ2) is 9.13.